The quantitative estimate of drug-likeness (QED) is 0.812. The zero-order valence-corrected chi connectivity index (χ0v) is 15.4. The number of amides is 2. The lowest BCUT2D eigenvalue weighted by Gasteiger charge is -2.38. The lowest BCUT2D eigenvalue weighted by molar-refractivity contribution is 0.162. The summed E-state index contributed by atoms with van der Waals surface area (Å²) in [5.41, 5.74) is 1.55. The van der Waals surface area contributed by atoms with E-state index in [9.17, 15) is 13.2 Å². The summed E-state index contributed by atoms with van der Waals surface area (Å²) in [6.07, 6.45) is 2.48. The number of nitrogens with one attached hydrogen (secondary N) is 2. The van der Waals surface area contributed by atoms with Crippen molar-refractivity contribution in [2.45, 2.75) is 24.2 Å². The van der Waals surface area contributed by atoms with Gasteiger partial charge in [-0.1, -0.05) is 13.0 Å². The van der Waals surface area contributed by atoms with Crippen LogP contribution in [0.15, 0.2) is 53.6 Å². The molecule has 2 amide bonds. The lowest BCUT2D eigenvalue weighted by Crippen LogP contribution is -2.50. The number of urea groups is 1. The minimum absolute atomic E-state index is 0.183. The minimum atomic E-state index is -3.50. The van der Waals surface area contributed by atoms with Crippen molar-refractivity contribution in [1.82, 2.24) is 14.6 Å². The van der Waals surface area contributed by atoms with Crippen molar-refractivity contribution in [3.8, 4) is 0 Å². The molecule has 0 bridgehead atoms. The van der Waals surface area contributed by atoms with Crippen molar-refractivity contribution in [3.05, 3.63) is 54.4 Å². The SMILES string of the molecule is CCCNS(=O)(=O)c1ccc(NC(=O)N2CC(c3ccccn3)C2)cc1. The lowest BCUT2D eigenvalue weighted by atomic mass is 9.96. The van der Waals surface area contributed by atoms with Gasteiger partial charge in [-0.25, -0.2) is 17.9 Å². The average Bonchev–Trinajstić information content (AvgIpc) is 2.60. The fourth-order valence-corrected chi connectivity index (χ4v) is 3.82. The van der Waals surface area contributed by atoms with Gasteiger partial charge in [-0.2, -0.15) is 0 Å². The van der Waals surface area contributed by atoms with Crippen LogP contribution in [0.25, 0.3) is 0 Å². The zero-order chi connectivity index (χ0) is 18.6. The van der Waals surface area contributed by atoms with Crippen molar-refractivity contribution in [2.75, 3.05) is 25.0 Å². The van der Waals surface area contributed by atoms with Crippen molar-refractivity contribution in [1.29, 1.82) is 0 Å². The fourth-order valence-electron chi connectivity index (χ4n) is 2.69. The van der Waals surface area contributed by atoms with Crippen LogP contribution in [0.2, 0.25) is 0 Å². The average molecular weight is 374 g/mol. The molecule has 1 aliphatic heterocycles. The summed E-state index contributed by atoms with van der Waals surface area (Å²) in [6.45, 7) is 3.54. The third kappa shape index (κ3) is 4.20. The summed E-state index contributed by atoms with van der Waals surface area (Å²) in [5, 5.41) is 2.79. The molecule has 3 rings (SSSR count). The van der Waals surface area contributed by atoms with Gasteiger partial charge in [0.05, 0.1) is 4.90 Å². The maximum absolute atomic E-state index is 12.3. The molecular weight excluding hydrogens is 352 g/mol. The highest BCUT2D eigenvalue weighted by Gasteiger charge is 2.32. The van der Waals surface area contributed by atoms with Crippen LogP contribution in [-0.4, -0.2) is 44.0 Å². The number of rotatable bonds is 6. The molecule has 1 aromatic carbocycles. The largest absolute Gasteiger partial charge is 0.323 e. The van der Waals surface area contributed by atoms with Gasteiger partial charge < -0.3 is 10.2 Å². The predicted molar refractivity (Wildman–Crippen MR) is 99.5 cm³/mol. The van der Waals surface area contributed by atoms with Crippen molar-refractivity contribution in [2.24, 2.45) is 0 Å². The number of pyridine rings is 1. The Morgan fingerprint density at radius 3 is 2.54 bits per heavy atom. The molecular formula is C18H22N4O3S. The van der Waals surface area contributed by atoms with Gasteiger partial charge in [0.2, 0.25) is 10.0 Å². The number of nitrogens with zero attached hydrogens (tertiary/aromatic N) is 2. The smallest absolute Gasteiger partial charge is 0.321 e. The molecule has 0 unspecified atom stereocenters. The van der Waals surface area contributed by atoms with Gasteiger partial charge in [0.15, 0.2) is 0 Å². The van der Waals surface area contributed by atoms with E-state index in [1.165, 1.54) is 12.1 Å². The first-order chi connectivity index (χ1) is 12.5. The van der Waals surface area contributed by atoms with Gasteiger partial charge in [0.25, 0.3) is 0 Å². The number of anilines is 1. The van der Waals surface area contributed by atoms with Crippen LogP contribution in [0.1, 0.15) is 25.0 Å². The number of aromatic nitrogens is 1. The van der Waals surface area contributed by atoms with E-state index in [4.69, 9.17) is 0 Å². The molecule has 0 saturated carbocycles. The first kappa shape index (κ1) is 18.3. The number of benzene rings is 1. The summed E-state index contributed by atoms with van der Waals surface area (Å²) < 4.78 is 26.6. The Morgan fingerprint density at radius 1 is 1.19 bits per heavy atom. The second-order valence-corrected chi connectivity index (χ2v) is 7.98. The summed E-state index contributed by atoms with van der Waals surface area (Å²) in [6, 6.07) is 11.7. The maximum Gasteiger partial charge on any atom is 0.321 e. The van der Waals surface area contributed by atoms with Crippen molar-refractivity contribution in [3.63, 3.8) is 0 Å². The third-order valence-electron chi connectivity index (χ3n) is 4.23. The topological polar surface area (TPSA) is 91.4 Å². The van der Waals surface area contributed by atoms with E-state index in [1.54, 1.807) is 23.2 Å². The van der Waals surface area contributed by atoms with Gasteiger partial charge >= 0.3 is 6.03 Å². The summed E-state index contributed by atoms with van der Waals surface area (Å²) in [4.78, 5) is 18.5. The monoisotopic (exact) mass is 374 g/mol. The molecule has 8 heteroatoms. The van der Waals surface area contributed by atoms with E-state index in [2.05, 4.69) is 15.0 Å². The summed E-state index contributed by atoms with van der Waals surface area (Å²) >= 11 is 0. The van der Waals surface area contributed by atoms with Crippen LogP contribution in [0.3, 0.4) is 0 Å². The molecule has 1 fully saturated rings. The Balaban J connectivity index is 1.54. The van der Waals surface area contributed by atoms with E-state index in [1.807, 2.05) is 25.1 Å². The van der Waals surface area contributed by atoms with E-state index in [0.717, 1.165) is 12.1 Å². The standard InChI is InChI=1S/C18H22N4O3S/c1-2-10-20-26(24,25)16-8-6-15(7-9-16)21-18(23)22-12-14(13-22)17-5-3-4-11-19-17/h3-9,11,14,20H,2,10,12-13H2,1H3,(H,21,23). The number of hydrogen-bond acceptors (Lipinski definition) is 4. The second-order valence-electron chi connectivity index (χ2n) is 6.21. The van der Waals surface area contributed by atoms with E-state index < -0.39 is 10.0 Å². The summed E-state index contributed by atoms with van der Waals surface area (Å²) in [7, 11) is -3.50. The highest BCUT2D eigenvalue weighted by atomic mass is 32.2. The Kier molecular flexibility index (Phi) is 5.53. The van der Waals surface area contributed by atoms with Crippen LogP contribution in [0.4, 0.5) is 10.5 Å². The number of hydrogen-bond donors (Lipinski definition) is 2. The van der Waals surface area contributed by atoms with Crippen molar-refractivity contribution < 1.29 is 13.2 Å². The molecule has 0 spiro atoms. The van der Waals surface area contributed by atoms with Gasteiger partial charge in [-0.15, -0.1) is 0 Å². The molecule has 1 aromatic heterocycles. The Hall–Kier alpha value is -2.45. The predicted octanol–water partition coefficient (Wildman–Crippen LogP) is 2.40. The number of carbonyl (C=O) groups is 1. The number of carbonyl (C=O) groups excluding carboxylic acids is 1. The Labute approximate surface area is 153 Å². The molecule has 7 nitrogen and oxygen atoms in total. The van der Waals surface area contributed by atoms with Gasteiger partial charge in [-0.3, -0.25) is 4.98 Å². The molecule has 0 radical (unpaired) electrons. The maximum atomic E-state index is 12.3. The van der Waals surface area contributed by atoms with Crippen LogP contribution in [0.5, 0.6) is 0 Å². The normalized spacial score (nSPS) is 14.7. The van der Waals surface area contributed by atoms with Gasteiger partial charge in [-0.05, 0) is 42.8 Å². The van der Waals surface area contributed by atoms with E-state index >= 15 is 0 Å². The van der Waals surface area contributed by atoms with Crippen LogP contribution in [-0.2, 0) is 10.0 Å². The van der Waals surface area contributed by atoms with Crippen LogP contribution in [0, 0.1) is 0 Å². The molecule has 2 N–H and O–H groups in total. The molecule has 2 heterocycles. The van der Waals surface area contributed by atoms with Crippen molar-refractivity contribution >= 4 is 21.7 Å². The van der Waals surface area contributed by atoms with Gasteiger partial charge in [0, 0.05) is 43.1 Å². The fraction of sp³-hybridized carbons (Fsp3) is 0.333. The zero-order valence-electron chi connectivity index (χ0n) is 14.6. The molecule has 138 valence electrons. The highest BCUT2D eigenvalue weighted by Crippen LogP contribution is 2.26. The van der Waals surface area contributed by atoms with Gasteiger partial charge in [0.1, 0.15) is 0 Å². The molecule has 26 heavy (non-hydrogen) atoms. The molecule has 2 aromatic rings. The first-order valence-corrected chi connectivity index (χ1v) is 10.0. The Morgan fingerprint density at radius 2 is 1.92 bits per heavy atom. The van der Waals surface area contributed by atoms with Crippen LogP contribution < -0.4 is 10.0 Å². The highest BCUT2D eigenvalue weighted by molar-refractivity contribution is 7.89. The minimum Gasteiger partial charge on any atom is -0.323 e. The Bertz CT molecular complexity index is 848. The molecule has 0 atom stereocenters. The first-order valence-electron chi connectivity index (χ1n) is 8.56. The molecule has 0 aliphatic carbocycles. The second kappa shape index (κ2) is 7.84. The van der Waals surface area contributed by atoms with Crippen LogP contribution >= 0.6 is 0 Å². The number of likely N-dealkylation sites (tertiary alicyclic amines) is 1. The molecule has 1 saturated heterocycles. The third-order valence-corrected chi connectivity index (χ3v) is 5.71. The van der Waals surface area contributed by atoms with E-state index in [0.29, 0.717) is 25.3 Å². The van der Waals surface area contributed by atoms with E-state index in [-0.39, 0.29) is 16.8 Å². The number of sulfonamides is 1. The summed E-state index contributed by atoms with van der Waals surface area (Å²) in [5.74, 6) is 0.263. The molecule has 1 aliphatic rings.